The van der Waals surface area contributed by atoms with Gasteiger partial charge in [0.05, 0.1) is 25.8 Å². The second-order valence-corrected chi connectivity index (χ2v) is 5.05. The lowest BCUT2D eigenvalue weighted by molar-refractivity contribution is -0.139. The monoisotopic (exact) mass is 272 g/mol. The van der Waals surface area contributed by atoms with Crippen molar-refractivity contribution in [3.05, 3.63) is 52.3 Å². The maximum atomic E-state index is 11.4. The first kappa shape index (κ1) is 14.3. The van der Waals surface area contributed by atoms with Gasteiger partial charge in [-0.05, 0) is 26.3 Å². The summed E-state index contributed by atoms with van der Waals surface area (Å²) in [7, 11) is 1.41. The van der Waals surface area contributed by atoms with Gasteiger partial charge in [0.25, 0.3) is 0 Å². The topological polar surface area (TPSA) is 44.1 Å². The van der Waals surface area contributed by atoms with Crippen LogP contribution >= 0.6 is 0 Å². The predicted octanol–water partition coefficient (Wildman–Crippen LogP) is 2.57. The van der Waals surface area contributed by atoms with Gasteiger partial charge < -0.3 is 4.74 Å². The molecular weight excluding hydrogens is 252 g/mol. The molecule has 4 heteroatoms. The van der Waals surface area contributed by atoms with Gasteiger partial charge in [0.1, 0.15) is 0 Å². The minimum Gasteiger partial charge on any atom is -0.469 e. The lowest BCUT2D eigenvalue weighted by atomic mass is 10.1. The molecule has 1 aromatic carbocycles. The molecule has 0 atom stereocenters. The van der Waals surface area contributed by atoms with E-state index in [1.807, 2.05) is 24.6 Å². The predicted molar refractivity (Wildman–Crippen MR) is 77.7 cm³/mol. The van der Waals surface area contributed by atoms with E-state index in [-0.39, 0.29) is 12.4 Å². The molecule has 0 amide bonds. The Morgan fingerprint density at radius 2 is 2.05 bits per heavy atom. The summed E-state index contributed by atoms with van der Waals surface area (Å²) in [6.45, 7) is 6.72. The third kappa shape index (κ3) is 3.07. The number of esters is 1. The number of rotatable bonds is 4. The number of hydrogen-bond acceptors (Lipinski definition) is 3. The quantitative estimate of drug-likeness (QED) is 0.803. The van der Waals surface area contributed by atoms with Crippen LogP contribution in [0.5, 0.6) is 0 Å². The average Bonchev–Trinajstić information content (AvgIpc) is 2.66. The smallest absolute Gasteiger partial charge is 0.310 e. The molecule has 1 heterocycles. The van der Waals surface area contributed by atoms with Crippen LogP contribution in [0.3, 0.4) is 0 Å². The van der Waals surface area contributed by atoms with Gasteiger partial charge in [-0.25, -0.2) is 0 Å². The summed E-state index contributed by atoms with van der Waals surface area (Å²) < 4.78 is 6.68. The Kier molecular flexibility index (Phi) is 4.23. The van der Waals surface area contributed by atoms with Crippen LogP contribution in [0, 0.1) is 20.8 Å². The third-order valence-electron chi connectivity index (χ3n) is 3.49. The SMILES string of the molecule is COC(=O)Cc1c(C)nn(Cc2cccc(C)c2)c1C. The van der Waals surface area contributed by atoms with Crippen molar-refractivity contribution in [2.24, 2.45) is 0 Å². The van der Waals surface area contributed by atoms with Gasteiger partial charge in [0.15, 0.2) is 0 Å². The van der Waals surface area contributed by atoms with Crippen LogP contribution in [0.4, 0.5) is 0 Å². The van der Waals surface area contributed by atoms with E-state index < -0.39 is 0 Å². The summed E-state index contributed by atoms with van der Waals surface area (Å²) in [6, 6.07) is 8.36. The van der Waals surface area contributed by atoms with Gasteiger partial charge in [-0.1, -0.05) is 29.8 Å². The van der Waals surface area contributed by atoms with Gasteiger partial charge in [-0.15, -0.1) is 0 Å². The molecule has 0 aliphatic heterocycles. The van der Waals surface area contributed by atoms with Crippen molar-refractivity contribution in [3.63, 3.8) is 0 Å². The minimum atomic E-state index is -0.230. The van der Waals surface area contributed by atoms with Gasteiger partial charge in [0, 0.05) is 11.3 Å². The Bertz CT molecular complexity index is 629. The van der Waals surface area contributed by atoms with E-state index in [0.717, 1.165) is 23.5 Å². The maximum absolute atomic E-state index is 11.4. The summed E-state index contributed by atoms with van der Waals surface area (Å²) in [4.78, 5) is 11.4. The Labute approximate surface area is 119 Å². The molecule has 4 nitrogen and oxygen atoms in total. The minimum absolute atomic E-state index is 0.230. The number of ether oxygens (including phenoxy) is 1. The molecule has 1 aromatic heterocycles. The molecule has 0 fully saturated rings. The molecule has 0 spiro atoms. The van der Waals surface area contributed by atoms with E-state index in [1.54, 1.807) is 0 Å². The molecule has 0 aliphatic rings. The summed E-state index contributed by atoms with van der Waals surface area (Å²) >= 11 is 0. The van der Waals surface area contributed by atoms with E-state index >= 15 is 0 Å². The van der Waals surface area contributed by atoms with Gasteiger partial charge in [-0.2, -0.15) is 5.10 Å². The molecule has 0 radical (unpaired) electrons. The van der Waals surface area contributed by atoms with Crippen molar-refractivity contribution in [1.29, 1.82) is 0 Å². The highest BCUT2D eigenvalue weighted by molar-refractivity contribution is 5.73. The Morgan fingerprint density at radius 1 is 1.30 bits per heavy atom. The van der Waals surface area contributed by atoms with Crippen LogP contribution in [0.2, 0.25) is 0 Å². The first-order valence-electron chi connectivity index (χ1n) is 6.66. The number of benzene rings is 1. The molecule has 20 heavy (non-hydrogen) atoms. The Balaban J connectivity index is 2.25. The second-order valence-electron chi connectivity index (χ2n) is 5.05. The van der Waals surface area contributed by atoms with E-state index in [2.05, 4.69) is 30.2 Å². The van der Waals surface area contributed by atoms with E-state index in [1.165, 1.54) is 18.2 Å². The van der Waals surface area contributed by atoms with E-state index in [0.29, 0.717) is 0 Å². The lowest BCUT2D eigenvalue weighted by Gasteiger charge is -2.06. The van der Waals surface area contributed by atoms with Crippen LogP contribution in [0.1, 0.15) is 28.1 Å². The van der Waals surface area contributed by atoms with Crippen molar-refractivity contribution in [3.8, 4) is 0 Å². The van der Waals surface area contributed by atoms with Crippen LogP contribution in [-0.2, 0) is 22.5 Å². The van der Waals surface area contributed by atoms with Crippen LogP contribution < -0.4 is 0 Å². The normalized spacial score (nSPS) is 10.6. The highest BCUT2D eigenvalue weighted by atomic mass is 16.5. The molecule has 0 bridgehead atoms. The molecule has 0 unspecified atom stereocenters. The first-order valence-corrected chi connectivity index (χ1v) is 6.66. The van der Waals surface area contributed by atoms with Crippen LogP contribution in [0.25, 0.3) is 0 Å². The highest BCUT2D eigenvalue weighted by Crippen LogP contribution is 2.16. The van der Waals surface area contributed by atoms with Crippen molar-refractivity contribution in [1.82, 2.24) is 9.78 Å². The largest absolute Gasteiger partial charge is 0.469 e. The lowest BCUT2D eigenvalue weighted by Crippen LogP contribution is -2.07. The van der Waals surface area contributed by atoms with E-state index in [9.17, 15) is 4.79 Å². The molecular formula is C16H20N2O2. The van der Waals surface area contributed by atoms with E-state index in [4.69, 9.17) is 4.74 Å². The number of methoxy groups -OCH3 is 1. The van der Waals surface area contributed by atoms with Crippen molar-refractivity contribution in [2.45, 2.75) is 33.7 Å². The second kappa shape index (κ2) is 5.90. The highest BCUT2D eigenvalue weighted by Gasteiger charge is 2.15. The zero-order valence-electron chi connectivity index (χ0n) is 12.4. The molecule has 0 saturated heterocycles. The van der Waals surface area contributed by atoms with Crippen molar-refractivity contribution in [2.75, 3.05) is 7.11 Å². The van der Waals surface area contributed by atoms with Gasteiger partial charge in [-0.3, -0.25) is 9.48 Å². The number of carbonyl (C=O) groups excluding carboxylic acids is 1. The van der Waals surface area contributed by atoms with Crippen molar-refractivity contribution < 1.29 is 9.53 Å². The number of aromatic nitrogens is 2. The van der Waals surface area contributed by atoms with Gasteiger partial charge >= 0.3 is 5.97 Å². The zero-order chi connectivity index (χ0) is 14.7. The molecule has 2 aromatic rings. The molecule has 0 N–H and O–H groups in total. The standard InChI is InChI=1S/C16H20N2O2/c1-11-6-5-7-14(8-11)10-18-13(3)15(12(2)17-18)9-16(19)20-4/h5-8H,9-10H2,1-4H3. The van der Waals surface area contributed by atoms with Crippen LogP contribution in [0.15, 0.2) is 24.3 Å². The van der Waals surface area contributed by atoms with Gasteiger partial charge in [0.2, 0.25) is 0 Å². The van der Waals surface area contributed by atoms with Crippen molar-refractivity contribution >= 4 is 5.97 Å². The maximum Gasteiger partial charge on any atom is 0.310 e. The summed E-state index contributed by atoms with van der Waals surface area (Å²) in [5.74, 6) is -0.230. The number of aryl methyl sites for hydroxylation is 2. The summed E-state index contributed by atoms with van der Waals surface area (Å²) in [5.41, 5.74) is 5.32. The number of carbonyl (C=O) groups is 1. The fraction of sp³-hybridized carbons (Fsp3) is 0.375. The fourth-order valence-corrected chi connectivity index (χ4v) is 2.34. The molecule has 106 valence electrons. The third-order valence-corrected chi connectivity index (χ3v) is 3.49. The Morgan fingerprint density at radius 3 is 2.70 bits per heavy atom. The first-order chi connectivity index (χ1) is 9.51. The summed E-state index contributed by atoms with van der Waals surface area (Å²) in [6.07, 6.45) is 0.280. The summed E-state index contributed by atoms with van der Waals surface area (Å²) in [5, 5.41) is 4.53. The molecule has 0 aliphatic carbocycles. The Hall–Kier alpha value is -2.10. The zero-order valence-corrected chi connectivity index (χ0v) is 12.4. The number of hydrogen-bond donors (Lipinski definition) is 0. The fourth-order valence-electron chi connectivity index (χ4n) is 2.34. The molecule has 0 saturated carbocycles. The average molecular weight is 272 g/mol. The molecule has 2 rings (SSSR count). The number of nitrogens with zero attached hydrogens (tertiary/aromatic N) is 2. The van der Waals surface area contributed by atoms with Crippen LogP contribution in [-0.4, -0.2) is 22.9 Å².